The summed E-state index contributed by atoms with van der Waals surface area (Å²) in [6.07, 6.45) is -2.65. The molecule has 0 spiro atoms. The van der Waals surface area contributed by atoms with E-state index in [4.69, 9.17) is 5.11 Å². The Morgan fingerprint density at radius 1 is 1.28 bits per heavy atom. The first-order valence-electron chi connectivity index (χ1n) is 6.01. The highest BCUT2D eigenvalue weighted by atomic mass is 19.3. The first-order chi connectivity index (χ1) is 8.60. The minimum atomic E-state index is -2.48. The normalized spacial score (nSPS) is 12.8. The zero-order chi connectivity index (χ0) is 13.5. The molecule has 5 heteroatoms. The summed E-state index contributed by atoms with van der Waals surface area (Å²) in [5.41, 5.74) is 1.18. The van der Waals surface area contributed by atoms with E-state index in [9.17, 15) is 13.9 Å². The second kappa shape index (κ2) is 7.28. The highest BCUT2D eigenvalue weighted by Gasteiger charge is 2.18. The van der Waals surface area contributed by atoms with Crippen LogP contribution in [0.2, 0.25) is 0 Å². The minimum absolute atomic E-state index is 0.123. The fraction of sp³-hybridized carbons (Fsp3) is 0.538. The maximum absolute atomic E-state index is 12.5. The number of para-hydroxylation sites is 1. The van der Waals surface area contributed by atoms with Crippen LogP contribution in [0.1, 0.15) is 25.0 Å². The first kappa shape index (κ1) is 14.9. The number of rotatable bonds is 7. The molecular formula is C13H19F2NO2. The summed E-state index contributed by atoms with van der Waals surface area (Å²) in [6, 6.07) is 6.90. The zero-order valence-corrected chi connectivity index (χ0v) is 10.4. The van der Waals surface area contributed by atoms with Gasteiger partial charge in [0.25, 0.3) is 6.43 Å². The van der Waals surface area contributed by atoms with Crippen LogP contribution in [0.15, 0.2) is 24.3 Å². The summed E-state index contributed by atoms with van der Waals surface area (Å²) < 4.78 is 25.0. The van der Waals surface area contributed by atoms with Crippen LogP contribution < -0.4 is 4.90 Å². The van der Waals surface area contributed by atoms with E-state index >= 15 is 0 Å². The Bertz CT molecular complexity index is 361. The van der Waals surface area contributed by atoms with Gasteiger partial charge in [0.05, 0.1) is 19.3 Å². The first-order valence-corrected chi connectivity index (χ1v) is 6.01. The van der Waals surface area contributed by atoms with Crippen LogP contribution in [0.3, 0.4) is 0 Å². The van der Waals surface area contributed by atoms with Gasteiger partial charge in [-0.25, -0.2) is 8.78 Å². The van der Waals surface area contributed by atoms with Crippen molar-refractivity contribution in [2.75, 3.05) is 24.6 Å². The lowest BCUT2D eigenvalue weighted by Gasteiger charge is -2.27. The van der Waals surface area contributed by atoms with Crippen molar-refractivity contribution < 1.29 is 19.0 Å². The van der Waals surface area contributed by atoms with E-state index in [-0.39, 0.29) is 13.2 Å². The molecule has 0 aliphatic rings. The maximum atomic E-state index is 12.5. The summed E-state index contributed by atoms with van der Waals surface area (Å²) in [6.45, 7) is 1.29. The summed E-state index contributed by atoms with van der Waals surface area (Å²) in [5, 5.41) is 18.8. The van der Waals surface area contributed by atoms with Gasteiger partial charge in [-0.3, -0.25) is 0 Å². The average Bonchev–Trinajstić information content (AvgIpc) is 2.37. The monoisotopic (exact) mass is 259 g/mol. The average molecular weight is 259 g/mol. The van der Waals surface area contributed by atoms with Gasteiger partial charge in [0.15, 0.2) is 0 Å². The molecule has 0 heterocycles. The third kappa shape index (κ3) is 3.92. The maximum Gasteiger partial charge on any atom is 0.255 e. The van der Waals surface area contributed by atoms with Crippen molar-refractivity contribution in [3.8, 4) is 0 Å². The van der Waals surface area contributed by atoms with Gasteiger partial charge in [-0.05, 0) is 12.5 Å². The van der Waals surface area contributed by atoms with E-state index in [0.717, 1.165) is 0 Å². The molecule has 18 heavy (non-hydrogen) atoms. The Morgan fingerprint density at radius 2 is 1.94 bits per heavy atom. The molecule has 0 aliphatic heterocycles. The molecule has 1 rings (SSSR count). The van der Waals surface area contributed by atoms with E-state index in [1.165, 1.54) is 4.90 Å². The van der Waals surface area contributed by atoms with Crippen molar-refractivity contribution >= 4 is 5.69 Å². The molecule has 0 bridgehead atoms. The predicted molar refractivity (Wildman–Crippen MR) is 67.0 cm³/mol. The van der Waals surface area contributed by atoms with Crippen LogP contribution in [0.4, 0.5) is 14.5 Å². The van der Waals surface area contributed by atoms with E-state index in [0.29, 0.717) is 17.7 Å². The van der Waals surface area contributed by atoms with Crippen molar-refractivity contribution in [3.63, 3.8) is 0 Å². The molecule has 0 fully saturated rings. The van der Waals surface area contributed by atoms with Crippen LogP contribution >= 0.6 is 0 Å². The lowest BCUT2D eigenvalue weighted by Crippen LogP contribution is -2.32. The Balaban J connectivity index is 3.02. The second-order valence-corrected chi connectivity index (χ2v) is 4.04. The van der Waals surface area contributed by atoms with Gasteiger partial charge in [0.1, 0.15) is 0 Å². The molecule has 0 amide bonds. The van der Waals surface area contributed by atoms with Gasteiger partial charge >= 0.3 is 0 Å². The summed E-state index contributed by atoms with van der Waals surface area (Å²) in [5.74, 6) is 0. The number of anilines is 1. The largest absolute Gasteiger partial charge is 0.395 e. The number of hydrogen-bond donors (Lipinski definition) is 2. The zero-order valence-electron chi connectivity index (χ0n) is 10.4. The van der Waals surface area contributed by atoms with Crippen molar-refractivity contribution in [2.45, 2.75) is 25.9 Å². The number of aliphatic hydroxyl groups excluding tert-OH is 2. The van der Waals surface area contributed by atoms with Crippen molar-refractivity contribution in [3.05, 3.63) is 29.8 Å². The Kier molecular flexibility index (Phi) is 6.01. The fourth-order valence-electron chi connectivity index (χ4n) is 1.87. The Hall–Kier alpha value is -1.20. The molecule has 0 radical (unpaired) electrons. The number of nitrogens with zero attached hydrogens (tertiary/aromatic N) is 1. The quantitative estimate of drug-likeness (QED) is 0.789. The molecule has 1 aromatic rings. The smallest absolute Gasteiger partial charge is 0.255 e. The van der Waals surface area contributed by atoms with Crippen LogP contribution in [0, 0.1) is 0 Å². The van der Waals surface area contributed by atoms with E-state index in [2.05, 4.69) is 0 Å². The van der Waals surface area contributed by atoms with Crippen LogP contribution in [-0.2, 0) is 0 Å². The van der Waals surface area contributed by atoms with Crippen molar-refractivity contribution in [1.82, 2.24) is 0 Å². The third-order valence-corrected chi connectivity index (χ3v) is 2.75. The van der Waals surface area contributed by atoms with Gasteiger partial charge < -0.3 is 15.1 Å². The van der Waals surface area contributed by atoms with Crippen molar-refractivity contribution in [1.29, 1.82) is 0 Å². The predicted octanol–water partition coefficient (Wildman–Crippen LogP) is 2.19. The highest BCUT2D eigenvalue weighted by molar-refractivity contribution is 5.54. The topological polar surface area (TPSA) is 43.7 Å². The Labute approximate surface area is 106 Å². The number of aliphatic hydroxyl groups is 2. The highest BCUT2D eigenvalue weighted by Crippen LogP contribution is 2.28. The van der Waals surface area contributed by atoms with Crippen LogP contribution in [-0.4, -0.2) is 36.3 Å². The minimum Gasteiger partial charge on any atom is -0.395 e. The molecule has 3 nitrogen and oxygen atoms in total. The summed E-state index contributed by atoms with van der Waals surface area (Å²) in [4.78, 5) is 1.40. The molecule has 0 unspecified atom stereocenters. The number of hydrogen-bond acceptors (Lipinski definition) is 3. The lowest BCUT2D eigenvalue weighted by atomic mass is 10.0. The third-order valence-electron chi connectivity index (χ3n) is 2.75. The van der Waals surface area contributed by atoms with Gasteiger partial charge in [0, 0.05) is 17.8 Å². The van der Waals surface area contributed by atoms with Gasteiger partial charge in [-0.15, -0.1) is 0 Å². The Morgan fingerprint density at radius 3 is 2.50 bits per heavy atom. The molecule has 102 valence electrons. The van der Waals surface area contributed by atoms with Crippen molar-refractivity contribution in [2.24, 2.45) is 0 Å². The molecule has 1 aromatic carbocycles. The molecular weight excluding hydrogens is 240 g/mol. The van der Waals surface area contributed by atoms with E-state index in [1.54, 1.807) is 24.3 Å². The summed E-state index contributed by atoms with van der Waals surface area (Å²) >= 11 is 0. The molecule has 1 atom stereocenters. The second-order valence-electron chi connectivity index (χ2n) is 4.04. The van der Waals surface area contributed by atoms with Gasteiger partial charge in [-0.1, -0.05) is 25.1 Å². The van der Waals surface area contributed by atoms with Gasteiger partial charge in [0.2, 0.25) is 0 Å². The lowest BCUT2D eigenvalue weighted by molar-refractivity contribution is 0.151. The van der Waals surface area contributed by atoms with Gasteiger partial charge in [-0.2, -0.15) is 0 Å². The van der Waals surface area contributed by atoms with E-state index in [1.807, 2.05) is 6.92 Å². The molecule has 0 aromatic heterocycles. The molecule has 0 saturated heterocycles. The number of benzene rings is 1. The molecule has 0 saturated carbocycles. The number of halogens is 2. The van der Waals surface area contributed by atoms with Crippen LogP contribution in [0.25, 0.3) is 0 Å². The number of alkyl halides is 2. The summed E-state index contributed by atoms with van der Waals surface area (Å²) in [7, 11) is 0. The van der Waals surface area contributed by atoms with E-state index < -0.39 is 19.1 Å². The fourth-order valence-corrected chi connectivity index (χ4v) is 1.87. The van der Waals surface area contributed by atoms with Crippen LogP contribution in [0.5, 0.6) is 0 Å². The SMILES string of the molecule is CC[C@@H](O)c1ccccc1N(CCO)CC(F)F. The molecule has 2 N–H and O–H groups in total. The standard InChI is InChI=1S/C13H19F2NO2/c1-2-12(18)10-5-3-4-6-11(10)16(7-8-17)9-13(14)15/h3-6,12-13,17-18H,2,7-9H2,1H3/t12-/m1/s1. The molecule has 0 aliphatic carbocycles.